The number of hydrogen-bond donors (Lipinski definition) is 2. The molecule has 1 aromatic carbocycles. The number of nitrogens with zero attached hydrogens (tertiary/aromatic N) is 1. The standard InChI is InChI=1S/C11H11ClFN3S/c12-7-1-2-10(13)9(3-7)11(16-14)4-8-5-15-6-17-8/h1-3,5-6,11,16H,4,14H2. The van der Waals surface area contributed by atoms with Crippen molar-refractivity contribution in [1.82, 2.24) is 10.4 Å². The molecule has 3 nitrogen and oxygen atoms in total. The van der Waals surface area contributed by atoms with Crippen LogP contribution in [0.15, 0.2) is 29.9 Å². The first-order valence-corrected chi connectivity index (χ1v) is 6.25. The number of rotatable bonds is 4. The minimum absolute atomic E-state index is 0.311. The van der Waals surface area contributed by atoms with E-state index in [4.69, 9.17) is 17.4 Å². The molecule has 0 fully saturated rings. The third kappa shape index (κ3) is 3.01. The van der Waals surface area contributed by atoms with Crippen molar-refractivity contribution in [2.45, 2.75) is 12.5 Å². The summed E-state index contributed by atoms with van der Waals surface area (Å²) in [4.78, 5) is 5.01. The van der Waals surface area contributed by atoms with Crippen molar-refractivity contribution in [1.29, 1.82) is 0 Å². The van der Waals surface area contributed by atoms with Crippen LogP contribution in [0, 0.1) is 5.82 Å². The van der Waals surface area contributed by atoms with Crippen LogP contribution in [0.4, 0.5) is 4.39 Å². The van der Waals surface area contributed by atoms with Gasteiger partial charge in [-0.2, -0.15) is 0 Å². The number of hydrazine groups is 1. The molecule has 1 atom stereocenters. The lowest BCUT2D eigenvalue weighted by Gasteiger charge is -2.16. The molecule has 17 heavy (non-hydrogen) atoms. The van der Waals surface area contributed by atoms with Gasteiger partial charge < -0.3 is 0 Å². The van der Waals surface area contributed by atoms with Crippen molar-refractivity contribution >= 4 is 22.9 Å². The second kappa shape index (κ2) is 5.55. The third-order valence-corrected chi connectivity index (χ3v) is 3.46. The summed E-state index contributed by atoms with van der Waals surface area (Å²) in [5.41, 5.74) is 4.80. The first-order valence-electron chi connectivity index (χ1n) is 4.99. The summed E-state index contributed by atoms with van der Waals surface area (Å²) in [5.74, 6) is 5.15. The van der Waals surface area contributed by atoms with Crippen molar-refractivity contribution in [2.75, 3.05) is 0 Å². The average molecular weight is 272 g/mol. The van der Waals surface area contributed by atoms with Gasteiger partial charge in [0.25, 0.3) is 0 Å². The van der Waals surface area contributed by atoms with Gasteiger partial charge in [-0.1, -0.05) is 11.6 Å². The molecule has 0 bridgehead atoms. The zero-order valence-corrected chi connectivity index (χ0v) is 10.4. The van der Waals surface area contributed by atoms with Crippen LogP contribution in [0.3, 0.4) is 0 Å². The zero-order chi connectivity index (χ0) is 12.3. The minimum atomic E-state index is -0.318. The van der Waals surface area contributed by atoms with E-state index in [0.717, 1.165) is 4.88 Å². The predicted molar refractivity (Wildman–Crippen MR) is 67.3 cm³/mol. The van der Waals surface area contributed by atoms with E-state index in [-0.39, 0.29) is 11.9 Å². The molecule has 6 heteroatoms. The van der Waals surface area contributed by atoms with Crippen LogP contribution < -0.4 is 11.3 Å². The van der Waals surface area contributed by atoms with Crippen molar-refractivity contribution in [3.63, 3.8) is 0 Å². The Bertz CT molecular complexity index is 489. The van der Waals surface area contributed by atoms with Crippen molar-refractivity contribution < 1.29 is 4.39 Å². The van der Waals surface area contributed by atoms with Crippen molar-refractivity contribution in [2.24, 2.45) is 5.84 Å². The van der Waals surface area contributed by atoms with E-state index in [0.29, 0.717) is 17.0 Å². The van der Waals surface area contributed by atoms with E-state index in [1.54, 1.807) is 17.8 Å². The molecule has 3 N–H and O–H groups in total. The van der Waals surface area contributed by atoms with Gasteiger partial charge in [-0.25, -0.2) is 4.39 Å². The summed E-state index contributed by atoms with van der Waals surface area (Å²) in [7, 11) is 0. The van der Waals surface area contributed by atoms with E-state index in [2.05, 4.69) is 10.4 Å². The summed E-state index contributed by atoms with van der Waals surface area (Å²) in [6.07, 6.45) is 2.33. The van der Waals surface area contributed by atoms with Crippen LogP contribution in [-0.2, 0) is 6.42 Å². The number of benzene rings is 1. The molecule has 0 aliphatic carbocycles. The Morgan fingerprint density at radius 1 is 1.53 bits per heavy atom. The average Bonchev–Trinajstić information content (AvgIpc) is 2.82. The summed E-state index contributed by atoms with van der Waals surface area (Å²) < 4.78 is 13.7. The van der Waals surface area contributed by atoms with Gasteiger partial charge in [-0.3, -0.25) is 16.3 Å². The maximum absolute atomic E-state index is 13.7. The van der Waals surface area contributed by atoms with Gasteiger partial charge in [0, 0.05) is 28.1 Å². The Morgan fingerprint density at radius 3 is 3.00 bits per heavy atom. The fraction of sp³-hybridized carbons (Fsp3) is 0.182. The topological polar surface area (TPSA) is 50.9 Å². The van der Waals surface area contributed by atoms with E-state index in [1.165, 1.54) is 23.5 Å². The van der Waals surface area contributed by atoms with E-state index >= 15 is 0 Å². The van der Waals surface area contributed by atoms with Gasteiger partial charge in [0.15, 0.2) is 0 Å². The fourth-order valence-electron chi connectivity index (χ4n) is 1.58. The highest BCUT2D eigenvalue weighted by Crippen LogP contribution is 2.24. The number of aromatic nitrogens is 1. The molecule has 0 saturated carbocycles. The molecule has 2 rings (SSSR count). The second-order valence-electron chi connectivity index (χ2n) is 3.56. The third-order valence-electron chi connectivity index (χ3n) is 2.42. The van der Waals surface area contributed by atoms with Gasteiger partial charge in [0.05, 0.1) is 11.6 Å². The minimum Gasteiger partial charge on any atom is -0.271 e. The molecule has 0 radical (unpaired) electrons. The van der Waals surface area contributed by atoms with Gasteiger partial charge >= 0.3 is 0 Å². The smallest absolute Gasteiger partial charge is 0.128 e. The summed E-state index contributed by atoms with van der Waals surface area (Å²) >= 11 is 7.36. The van der Waals surface area contributed by atoms with Crippen LogP contribution in [0.5, 0.6) is 0 Å². The Hall–Kier alpha value is -1.01. The first kappa shape index (κ1) is 12.4. The molecule has 1 aromatic heterocycles. The highest BCUT2D eigenvalue weighted by Gasteiger charge is 2.16. The highest BCUT2D eigenvalue weighted by atomic mass is 35.5. The van der Waals surface area contributed by atoms with Crippen LogP contribution in [-0.4, -0.2) is 4.98 Å². The normalized spacial score (nSPS) is 12.6. The van der Waals surface area contributed by atoms with Crippen LogP contribution >= 0.6 is 22.9 Å². The maximum Gasteiger partial charge on any atom is 0.128 e. The molecule has 0 aliphatic rings. The van der Waals surface area contributed by atoms with Crippen LogP contribution in [0.25, 0.3) is 0 Å². The lowest BCUT2D eigenvalue weighted by Crippen LogP contribution is -2.30. The molecule has 0 aliphatic heterocycles. The van der Waals surface area contributed by atoms with Gasteiger partial charge in [-0.05, 0) is 18.2 Å². The molecule has 0 saturated heterocycles. The number of halogens is 2. The lowest BCUT2D eigenvalue weighted by atomic mass is 10.0. The summed E-state index contributed by atoms with van der Waals surface area (Å²) in [5, 5.41) is 0.492. The van der Waals surface area contributed by atoms with Crippen molar-refractivity contribution in [3.8, 4) is 0 Å². The molecule has 1 heterocycles. The first-order chi connectivity index (χ1) is 8.20. The molecule has 1 unspecified atom stereocenters. The molecular weight excluding hydrogens is 261 g/mol. The Morgan fingerprint density at radius 2 is 2.35 bits per heavy atom. The van der Waals surface area contributed by atoms with Crippen LogP contribution in [0.1, 0.15) is 16.5 Å². The monoisotopic (exact) mass is 271 g/mol. The molecule has 2 aromatic rings. The Balaban J connectivity index is 2.25. The summed E-state index contributed by atoms with van der Waals surface area (Å²) in [6, 6.07) is 4.13. The zero-order valence-electron chi connectivity index (χ0n) is 8.86. The Labute approximate surface area is 107 Å². The second-order valence-corrected chi connectivity index (χ2v) is 4.96. The molecule has 90 valence electrons. The SMILES string of the molecule is NNC(Cc1cncs1)c1cc(Cl)ccc1F. The van der Waals surface area contributed by atoms with E-state index in [9.17, 15) is 4.39 Å². The quantitative estimate of drug-likeness (QED) is 0.664. The molecular formula is C11H11ClFN3S. The molecule has 0 amide bonds. The van der Waals surface area contributed by atoms with Gasteiger partial charge in [0.1, 0.15) is 5.82 Å². The van der Waals surface area contributed by atoms with E-state index < -0.39 is 0 Å². The van der Waals surface area contributed by atoms with Gasteiger partial charge in [-0.15, -0.1) is 11.3 Å². The Kier molecular flexibility index (Phi) is 4.06. The largest absolute Gasteiger partial charge is 0.271 e. The van der Waals surface area contributed by atoms with Crippen molar-refractivity contribution in [3.05, 3.63) is 51.2 Å². The number of thiazole rings is 1. The highest BCUT2D eigenvalue weighted by molar-refractivity contribution is 7.09. The molecule has 0 spiro atoms. The lowest BCUT2D eigenvalue weighted by molar-refractivity contribution is 0.513. The fourth-order valence-corrected chi connectivity index (χ4v) is 2.41. The maximum atomic E-state index is 13.7. The number of nitrogens with one attached hydrogen (secondary N) is 1. The summed E-state index contributed by atoms with van der Waals surface area (Å²) in [6.45, 7) is 0. The predicted octanol–water partition coefficient (Wildman–Crippen LogP) is 2.68. The van der Waals surface area contributed by atoms with E-state index in [1.807, 2.05) is 0 Å². The number of nitrogens with two attached hydrogens (primary N) is 1. The number of hydrogen-bond acceptors (Lipinski definition) is 4. The van der Waals surface area contributed by atoms with Gasteiger partial charge in [0.2, 0.25) is 0 Å². The van der Waals surface area contributed by atoms with Crippen LogP contribution in [0.2, 0.25) is 5.02 Å².